The molecule has 0 fully saturated rings. The van der Waals surface area contributed by atoms with Crippen LogP contribution in [0.25, 0.3) is 0 Å². The fourth-order valence-corrected chi connectivity index (χ4v) is 3.22. The van der Waals surface area contributed by atoms with E-state index in [1.807, 2.05) is 6.07 Å². The molecule has 6 heteroatoms. The van der Waals surface area contributed by atoms with E-state index in [0.29, 0.717) is 11.4 Å². The molecule has 2 amide bonds. The summed E-state index contributed by atoms with van der Waals surface area (Å²) >= 11 is 5.88. The molecule has 0 saturated carbocycles. The molecule has 1 aromatic carbocycles. The molecule has 29 heavy (non-hydrogen) atoms. The second kappa shape index (κ2) is 17.0. The van der Waals surface area contributed by atoms with Crippen molar-refractivity contribution in [2.75, 3.05) is 6.54 Å². The maximum atomic E-state index is 11.8. The van der Waals surface area contributed by atoms with Crippen molar-refractivity contribution in [2.45, 2.75) is 84.0 Å². The van der Waals surface area contributed by atoms with Crippen molar-refractivity contribution in [3.8, 4) is 0 Å². The highest BCUT2D eigenvalue weighted by Gasteiger charge is 2.04. The number of carbonyl (C=O) groups excluding carboxylic acids is 2. The predicted molar refractivity (Wildman–Crippen MR) is 121 cm³/mol. The van der Waals surface area contributed by atoms with Gasteiger partial charge in [-0.1, -0.05) is 94.9 Å². The molecular formula is C23H36ClN3O2. The summed E-state index contributed by atoms with van der Waals surface area (Å²) in [7, 11) is 0. The quantitative estimate of drug-likeness (QED) is 0.207. The number of nitrogens with one attached hydrogen (secondary N) is 2. The zero-order valence-electron chi connectivity index (χ0n) is 17.7. The normalized spacial score (nSPS) is 11.0. The Kier molecular flexibility index (Phi) is 14.8. The van der Waals surface area contributed by atoms with Crippen molar-refractivity contribution < 1.29 is 9.59 Å². The lowest BCUT2D eigenvalue weighted by molar-refractivity contribution is -0.126. The zero-order valence-corrected chi connectivity index (χ0v) is 18.5. The fourth-order valence-electron chi connectivity index (χ4n) is 3.02. The standard InChI is InChI=1S/C23H36ClN3O2/c1-2-3-4-5-6-7-8-9-10-11-12-16-22(28)25-19-23(29)27-26-18-20-14-13-15-21(24)17-20/h13-15,17-18H,2-12,16,19H2,1H3,(H,25,28)(H,27,29)/b26-18-. The molecule has 0 spiro atoms. The first-order valence-electron chi connectivity index (χ1n) is 11.0. The third-order valence-electron chi connectivity index (χ3n) is 4.71. The van der Waals surface area contributed by atoms with Gasteiger partial charge in [0.2, 0.25) is 5.91 Å². The minimum absolute atomic E-state index is 0.0657. The molecule has 0 radical (unpaired) electrons. The van der Waals surface area contributed by atoms with E-state index >= 15 is 0 Å². The number of rotatable bonds is 16. The molecule has 2 N–H and O–H groups in total. The van der Waals surface area contributed by atoms with Crippen molar-refractivity contribution in [3.05, 3.63) is 34.9 Å². The monoisotopic (exact) mass is 421 g/mol. The van der Waals surface area contributed by atoms with E-state index in [0.717, 1.165) is 18.4 Å². The molecule has 0 bridgehead atoms. The van der Waals surface area contributed by atoms with Crippen molar-refractivity contribution >= 4 is 29.6 Å². The number of unbranched alkanes of at least 4 members (excludes halogenated alkanes) is 10. The van der Waals surface area contributed by atoms with E-state index < -0.39 is 0 Å². The van der Waals surface area contributed by atoms with Crippen LogP contribution in [-0.2, 0) is 9.59 Å². The number of hydrogen-bond acceptors (Lipinski definition) is 3. The number of nitrogens with zero attached hydrogens (tertiary/aromatic N) is 1. The van der Waals surface area contributed by atoms with Crippen LogP contribution in [0.3, 0.4) is 0 Å². The van der Waals surface area contributed by atoms with Gasteiger partial charge in [0, 0.05) is 11.4 Å². The minimum Gasteiger partial charge on any atom is -0.347 e. The smallest absolute Gasteiger partial charge is 0.259 e. The molecule has 5 nitrogen and oxygen atoms in total. The summed E-state index contributed by atoms with van der Waals surface area (Å²) in [6.07, 6.45) is 15.7. The topological polar surface area (TPSA) is 70.6 Å². The number of hydrazone groups is 1. The molecule has 0 heterocycles. The van der Waals surface area contributed by atoms with Crippen LogP contribution in [0, 0.1) is 0 Å². The van der Waals surface area contributed by atoms with E-state index in [1.54, 1.807) is 18.2 Å². The number of benzene rings is 1. The lowest BCUT2D eigenvalue weighted by Crippen LogP contribution is -2.34. The number of amides is 2. The lowest BCUT2D eigenvalue weighted by atomic mass is 10.1. The first kappa shape index (κ1) is 25.2. The lowest BCUT2D eigenvalue weighted by Gasteiger charge is -2.05. The van der Waals surface area contributed by atoms with Crippen molar-refractivity contribution in [3.63, 3.8) is 0 Å². The van der Waals surface area contributed by atoms with Crippen LogP contribution in [0.1, 0.15) is 89.5 Å². The van der Waals surface area contributed by atoms with Crippen molar-refractivity contribution in [1.29, 1.82) is 0 Å². The van der Waals surface area contributed by atoms with Gasteiger partial charge in [0.1, 0.15) is 0 Å². The van der Waals surface area contributed by atoms with Crippen LogP contribution in [0.5, 0.6) is 0 Å². The van der Waals surface area contributed by atoms with Gasteiger partial charge < -0.3 is 5.32 Å². The van der Waals surface area contributed by atoms with E-state index in [2.05, 4.69) is 22.8 Å². The summed E-state index contributed by atoms with van der Waals surface area (Å²) in [6.45, 7) is 2.18. The van der Waals surface area contributed by atoms with Gasteiger partial charge in [-0.15, -0.1) is 0 Å². The summed E-state index contributed by atoms with van der Waals surface area (Å²) in [4.78, 5) is 23.5. The largest absolute Gasteiger partial charge is 0.347 e. The number of halogens is 1. The van der Waals surface area contributed by atoms with Gasteiger partial charge >= 0.3 is 0 Å². The Balaban J connectivity index is 1.96. The first-order valence-corrected chi connectivity index (χ1v) is 11.3. The Hall–Kier alpha value is -1.88. The molecular weight excluding hydrogens is 386 g/mol. The van der Waals surface area contributed by atoms with Gasteiger partial charge in [-0.05, 0) is 24.1 Å². The number of hydrogen-bond donors (Lipinski definition) is 2. The second-order valence-electron chi connectivity index (χ2n) is 7.41. The van der Waals surface area contributed by atoms with Crippen LogP contribution >= 0.6 is 11.6 Å². The highest BCUT2D eigenvalue weighted by atomic mass is 35.5. The fraction of sp³-hybridized carbons (Fsp3) is 0.609. The molecule has 0 saturated heterocycles. The van der Waals surface area contributed by atoms with E-state index in [9.17, 15) is 9.59 Å². The highest BCUT2D eigenvalue weighted by Crippen LogP contribution is 2.12. The SMILES string of the molecule is CCCCCCCCCCCCCC(=O)NCC(=O)N/N=C\c1cccc(Cl)c1. The Morgan fingerprint density at radius 3 is 2.17 bits per heavy atom. The van der Waals surface area contributed by atoms with Crippen molar-refractivity contribution in [1.82, 2.24) is 10.7 Å². The summed E-state index contributed by atoms with van der Waals surface area (Å²) in [6, 6.07) is 7.15. The summed E-state index contributed by atoms with van der Waals surface area (Å²) in [5, 5.41) is 7.09. The average Bonchev–Trinajstić information content (AvgIpc) is 2.70. The Labute approximate surface area is 180 Å². The minimum atomic E-state index is -0.351. The highest BCUT2D eigenvalue weighted by molar-refractivity contribution is 6.30. The molecule has 0 aliphatic heterocycles. The Morgan fingerprint density at radius 2 is 1.55 bits per heavy atom. The maximum Gasteiger partial charge on any atom is 0.259 e. The number of carbonyl (C=O) groups is 2. The summed E-state index contributed by atoms with van der Waals surface area (Å²) in [5.41, 5.74) is 3.18. The van der Waals surface area contributed by atoms with Crippen LogP contribution < -0.4 is 10.7 Å². The van der Waals surface area contributed by atoms with Crippen molar-refractivity contribution in [2.24, 2.45) is 5.10 Å². The Morgan fingerprint density at radius 1 is 0.931 bits per heavy atom. The molecule has 0 unspecified atom stereocenters. The van der Waals surface area contributed by atoms with Crippen LogP contribution in [0.2, 0.25) is 5.02 Å². The molecule has 0 atom stereocenters. The van der Waals surface area contributed by atoms with Crippen LogP contribution in [0.15, 0.2) is 29.4 Å². The van der Waals surface area contributed by atoms with E-state index in [4.69, 9.17) is 11.6 Å². The predicted octanol–water partition coefficient (Wildman–Crippen LogP) is 5.61. The first-order chi connectivity index (χ1) is 14.1. The molecule has 162 valence electrons. The second-order valence-corrected chi connectivity index (χ2v) is 7.85. The van der Waals surface area contributed by atoms with E-state index in [1.165, 1.54) is 64.0 Å². The third kappa shape index (κ3) is 14.7. The summed E-state index contributed by atoms with van der Waals surface area (Å²) in [5.74, 6) is -0.439. The van der Waals surface area contributed by atoms with Crippen LogP contribution in [0.4, 0.5) is 0 Å². The van der Waals surface area contributed by atoms with Gasteiger partial charge in [0.05, 0.1) is 12.8 Å². The van der Waals surface area contributed by atoms with Gasteiger partial charge in [-0.3, -0.25) is 9.59 Å². The van der Waals surface area contributed by atoms with Crippen LogP contribution in [-0.4, -0.2) is 24.6 Å². The third-order valence-corrected chi connectivity index (χ3v) is 4.94. The molecule has 0 aromatic heterocycles. The zero-order chi connectivity index (χ0) is 21.2. The molecule has 0 aliphatic rings. The van der Waals surface area contributed by atoms with Gasteiger partial charge in [0.15, 0.2) is 0 Å². The van der Waals surface area contributed by atoms with E-state index in [-0.39, 0.29) is 18.4 Å². The maximum absolute atomic E-state index is 11.8. The molecule has 0 aliphatic carbocycles. The molecule has 1 rings (SSSR count). The Bertz CT molecular complexity index is 620. The molecule has 1 aromatic rings. The van der Waals surface area contributed by atoms with Gasteiger partial charge in [0.25, 0.3) is 5.91 Å². The van der Waals surface area contributed by atoms with Gasteiger partial charge in [-0.25, -0.2) is 5.43 Å². The summed E-state index contributed by atoms with van der Waals surface area (Å²) < 4.78 is 0. The average molecular weight is 422 g/mol. The van der Waals surface area contributed by atoms with Gasteiger partial charge in [-0.2, -0.15) is 5.10 Å².